The Morgan fingerprint density at radius 2 is 1.41 bits per heavy atom. The normalized spacial score (nSPS) is 29.0. The third-order valence-corrected chi connectivity index (χ3v) is 7.42. The number of halogens is 1. The van der Waals surface area contributed by atoms with Gasteiger partial charge in [0.1, 0.15) is 5.82 Å². The smallest absolute Gasteiger partial charge is 0.126 e. The molecule has 0 aromatic heterocycles. The fraction of sp³-hybridized carbons (Fsp3) is 0.760. The van der Waals surface area contributed by atoms with Crippen LogP contribution in [0.1, 0.15) is 101 Å². The third-order valence-electron chi connectivity index (χ3n) is 7.42. The van der Waals surface area contributed by atoms with E-state index in [0.717, 1.165) is 17.8 Å². The molecule has 2 aliphatic carbocycles. The molecule has 0 aliphatic heterocycles. The van der Waals surface area contributed by atoms with Crippen molar-refractivity contribution >= 4 is 0 Å². The molecular formula is C25H39FO. The van der Waals surface area contributed by atoms with E-state index in [-0.39, 0.29) is 12.4 Å². The third kappa shape index (κ3) is 6.04. The van der Waals surface area contributed by atoms with E-state index in [4.69, 9.17) is 5.11 Å². The number of hydrogen-bond donors (Lipinski definition) is 1. The molecule has 0 heterocycles. The summed E-state index contributed by atoms with van der Waals surface area (Å²) >= 11 is 0. The molecule has 2 fully saturated rings. The summed E-state index contributed by atoms with van der Waals surface area (Å²) in [5.74, 6) is 3.30. The van der Waals surface area contributed by atoms with Gasteiger partial charge in [-0.2, -0.15) is 0 Å². The predicted molar refractivity (Wildman–Crippen MR) is 111 cm³/mol. The zero-order valence-corrected chi connectivity index (χ0v) is 17.3. The summed E-state index contributed by atoms with van der Waals surface area (Å²) in [5, 5.41) is 9.01. The largest absolute Gasteiger partial charge is 0.396 e. The number of benzene rings is 1. The van der Waals surface area contributed by atoms with Gasteiger partial charge in [-0.15, -0.1) is 0 Å². The molecule has 152 valence electrons. The van der Waals surface area contributed by atoms with E-state index < -0.39 is 0 Å². The SMILES string of the molecule is CCCC1CCC(CCC2CCC(c3ccc(CCO)c(F)c3)CC2)CC1. The Kier molecular flexibility index (Phi) is 8.18. The quantitative estimate of drug-likeness (QED) is 0.518. The summed E-state index contributed by atoms with van der Waals surface area (Å²) < 4.78 is 14.2. The molecule has 3 rings (SSSR count). The van der Waals surface area contributed by atoms with Crippen molar-refractivity contribution in [1.82, 2.24) is 0 Å². The van der Waals surface area contributed by atoms with Crippen LogP contribution in [0.5, 0.6) is 0 Å². The Hall–Kier alpha value is -0.890. The van der Waals surface area contributed by atoms with Gasteiger partial charge < -0.3 is 5.11 Å². The van der Waals surface area contributed by atoms with Crippen LogP contribution < -0.4 is 0 Å². The lowest BCUT2D eigenvalue weighted by Crippen LogP contribution is -2.18. The minimum Gasteiger partial charge on any atom is -0.396 e. The van der Waals surface area contributed by atoms with Crippen molar-refractivity contribution in [2.75, 3.05) is 6.61 Å². The Morgan fingerprint density at radius 3 is 1.93 bits per heavy atom. The van der Waals surface area contributed by atoms with Gasteiger partial charge in [-0.3, -0.25) is 0 Å². The first-order chi connectivity index (χ1) is 13.2. The first-order valence-electron chi connectivity index (χ1n) is 11.6. The van der Waals surface area contributed by atoms with E-state index in [2.05, 4.69) is 13.0 Å². The van der Waals surface area contributed by atoms with Gasteiger partial charge in [0.25, 0.3) is 0 Å². The molecule has 0 amide bonds. The fourth-order valence-electron chi connectivity index (χ4n) is 5.61. The molecule has 0 atom stereocenters. The van der Waals surface area contributed by atoms with E-state index in [9.17, 15) is 4.39 Å². The maximum Gasteiger partial charge on any atom is 0.126 e. The van der Waals surface area contributed by atoms with E-state index in [1.54, 1.807) is 6.07 Å². The minimum absolute atomic E-state index is 0.0155. The van der Waals surface area contributed by atoms with Gasteiger partial charge in [-0.1, -0.05) is 70.4 Å². The second kappa shape index (κ2) is 10.6. The molecule has 1 nitrogen and oxygen atoms in total. The van der Waals surface area contributed by atoms with E-state index in [0.29, 0.717) is 17.9 Å². The molecule has 0 saturated heterocycles. The van der Waals surface area contributed by atoms with Gasteiger partial charge >= 0.3 is 0 Å². The molecular weight excluding hydrogens is 335 g/mol. The summed E-state index contributed by atoms with van der Waals surface area (Å²) in [7, 11) is 0. The van der Waals surface area contributed by atoms with Crippen LogP contribution in [0.3, 0.4) is 0 Å². The molecule has 0 unspecified atom stereocenters. The summed E-state index contributed by atoms with van der Waals surface area (Å²) in [5.41, 5.74) is 1.81. The molecule has 1 N–H and O–H groups in total. The maximum absolute atomic E-state index is 14.2. The fourth-order valence-corrected chi connectivity index (χ4v) is 5.61. The van der Waals surface area contributed by atoms with Gasteiger partial charge in [-0.05, 0) is 73.0 Å². The second-order valence-corrected chi connectivity index (χ2v) is 9.29. The number of aliphatic hydroxyl groups excluding tert-OH is 1. The number of aliphatic hydroxyl groups is 1. The standard InChI is InChI=1S/C25H39FO/c1-2-3-19-4-6-20(7-5-19)8-9-21-10-12-22(13-11-21)24-15-14-23(16-17-27)25(26)18-24/h14-15,18-22,27H,2-13,16-17H2,1H3. The highest BCUT2D eigenvalue weighted by Gasteiger charge is 2.25. The van der Waals surface area contributed by atoms with Crippen LogP contribution >= 0.6 is 0 Å². The topological polar surface area (TPSA) is 20.2 Å². The number of rotatable bonds is 8. The van der Waals surface area contributed by atoms with Crippen LogP contribution in [-0.4, -0.2) is 11.7 Å². The van der Waals surface area contributed by atoms with Crippen LogP contribution in [0.2, 0.25) is 0 Å². The zero-order chi connectivity index (χ0) is 19.1. The van der Waals surface area contributed by atoms with E-state index in [1.807, 2.05) is 6.07 Å². The zero-order valence-electron chi connectivity index (χ0n) is 17.3. The van der Waals surface area contributed by atoms with Crippen molar-refractivity contribution in [2.45, 2.75) is 96.3 Å². The molecule has 2 heteroatoms. The van der Waals surface area contributed by atoms with Crippen molar-refractivity contribution in [3.63, 3.8) is 0 Å². The molecule has 0 radical (unpaired) electrons. The Morgan fingerprint density at radius 1 is 0.852 bits per heavy atom. The average Bonchev–Trinajstić information content (AvgIpc) is 2.70. The lowest BCUT2D eigenvalue weighted by atomic mass is 9.74. The molecule has 1 aromatic carbocycles. The average molecular weight is 375 g/mol. The Bertz CT molecular complexity index is 553. The second-order valence-electron chi connectivity index (χ2n) is 9.29. The van der Waals surface area contributed by atoms with Crippen LogP contribution in [0.25, 0.3) is 0 Å². The summed E-state index contributed by atoms with van der Waals surface area (Å²) in [4.78, 5) is 0. The number of hydrogen-bond acceptors (Lipinski definition) is 1. The van der Waals surface area contributed by atoms with Gasteiger partial charge in [0.2, 0.25) is 0 Å². The summed E-state index contributed by atoms with van der Waals surface area (Å²) in [6.45, 7) is 2.34. The first-order valence-corrected chi connectivity index (χ1v) is 11.6. The van der Waals surface area contributed by atoms with Gasteiger partial charge in [0, 0.05) is 6.61 Å². The monoisotopic (exact) mass is 374 g/mol. The van der Waals surface area contributed by atoms with Crippen molar-refractivity contribution < 1.29 is 9.50 Å². The molecule has 2 saturated carbocycles. The maximum atomic E-state index is 14.2. The van der Waals surface area contributed by atoms with Gasteiger partial charge in [0.15, 0.2) is 0 Å². The Labute approximate surface area is 165 Å². The molecule has 0 bridgehead atoms. The highest BCUT2D eigenvalue weighted by molar-refractivity contribution is 5.27. The highest BCUT2D eigenvalue weighted by Crippen LogP contribution is 2.40. The molecule has 2 aliphatic rings. The van der Waals surface area contributed by atoms with Crippen molar-refractivity contribution in [3.05, 3.63) is 35.1 Å². The Balaban J connectivity index is 1.38. The molecule has 0 spiro atoms. The molecule has 1 aromatic rings. The van der Waals surface area contributed by atoms with E-state index in [1.165, 1.54) is 82.6 Å². The van der Waals surface area contributed by atoms with Crippen LogP contribution in [0.15, 0.2) is 18.2 Å². The van der Waals surface area contributed by atoms with Gasteiger partial charge in [0.05, 0.1) is 0 Å². The van der Waals surface area contributed by atoms with Crippen LogP contribution in [0, 0.1) is 23.6 Å². The van der Waals surface area contributed by atoms with Crippen LogP contribution in [-0.2, 0) is 6.42 Å². The summed E-state index contributed by atoms with van der Waals surface area (Å²) in [6.07, 6.45) is 17.0. The lowest BCUT2D eigenvalue weighted by molar-refractivity contribution is 0.224. The van der Waals surface area contributed by atoms with E-state index >= 15 is 0 Å². The first kappa shape index (κ1) is 20.8. The lowest BCUT2D eigenvalue weighted by Gasteiger charge is -2.32. The van der Waals surface area contributed by atoms with Crippen molar-refractivity contribution in [2.24, 2.45) is 17.8 Å². The summed E-state index contributed by atoms with van der Waals surface area (Å²) in [6, 6.07) is 5.69. The highest BCUT2D eigenvalue weighted by atomic mass is 19.1. The minimum atomic E-state index is -0.137. The van der Waals surface area contributed by atoms with Crippen LogP contribution in [0.4, 0.5) is 4.39 Å². The van der Waals surface area contributed by atoms with Crippen molar-refractivity contribution in [1.29, 1.82) is 0 Å². The van der Waals surface area contributed by atoms with Crippen molar-refractivity contribution in [3.8, 4) is 0 Å². The van der Waals surface area contributed by atoms with Gasteiger partial charge in [-0.25, -0.2) is 4.39 Å². The molecule has 27 heavy (non-hydrogen) atoms. The predicted octanol–water partition coefficient (Wildman–Crippen LogP) is 7.02.